The Morgan fingerprint density at radius 3 is 0.978 bits per heavy atom. The summed E-state index contributed by atoms with van der Waals surface area (Å²) in [5, 5.41) is 76.5. The number of sulfone groups is 2. The molecule has 0 fully saturated rings. The third kappa shape index (κ3) is 17.4. The van der Waals surface area contributed by atoms with Gasteiger partial charge in [-0.15, -0.1) is 30.7 Å². The van der Waals surface area contributed by atoms with Gasteiger partial charge in [0.2, 0.25) is 0 Å². The molecule has 11 N–H and O–H groups in total. The van der Waals surface area contributed by atoms with Gasteiger partial charge in [0, 0.05) is 23.5 Å². The standard InChI is InChI=1S/C48H39N9O28S8/c58-39-21-29(5-11-35(39)52-54-37-23-33(88(66,67)68)17-25-19-41(90(72,73)74)45(47(60)43(25)37)56-50-27-1-7-31(8-2-27)86(62,63)15-13-84-92(78,79)80)49-30-6-12-36(40(59)22-30)53-55-38-24-34(89(69,70)71)18-26-20-42(91(75,76)77)46(48(61)44(26)38)57-51-28-3-9-32(10-4-28)87(64,65)16-14-85-93(81,82)83/h1-12,17-24,49,58-61H,13-16H2,(H,66,67,68)(H,69,70,71)(H,72,73,74)(H,75,76,77)(H,78,79,80)(H,81,82,83)/b54-52+,55-53+,56-50+,57-51+. The van der Waals surface area contributed by atoms with Crippen LogP contribution in [-0.4, -0.2) is 140 Å². The Hall–Kier alpha value is -9.04. The van der Waals surface area contributed by atoms with Crippen molar-refractivity contribution in [2.75, 3.05) is 30.0 Å². The van der Waals surface area contributed by atoms with Crippen LogP contribution >= 0.6 is 0 Å². The first-order chi connectivity index (χ1) is 43.0. The van der Waals surface area contributed by atoms with Crippen LogP contribution in [0.15, 0.2) is 192 Å². The van der Waals surface area contributed by atoms with Crippen LogP contribution in [0.3, 0.4) is 0 Å². The second kappa shape index (κ2) is 26.2. The molecule has 8 rings (SSSR count). The van der Waals surface area contributed by atoms with Gasteiger partial charge >= 0.3 is 20.8 Å². The molecule has 0 atom stereocenters. The zero-order chi connectivity index (χ0) is 68.6. The first-order valence-electron chi connectivity index (χ1n) is 24.5. The van der Waals surface area contributed by atoms with E-state index in [0.717, 1.165) is 72.8 Å². The Balaban J connectivity index is 1.06. The summed E-state index contributed by atoms with van der Waals surface area (Å²) in [5.41, 5.74) is -4.28. The molecule has 0 heterocycles. The van der Waals surface area contributed by atoms with Crippen molar-refractivity contribution in [3.63, 3.8) is 0 Å². The number of benzene rings is 8. The van der Waals surface area contributed by atoms with Crippen molar-refractivity contribution in [3.05, 3.63) is 121 Å². The van der Waals surface area contributed by atoms with Gasteiger partial charge in [-0.1, -0.05) is 0 Å². The molecule has 8 aromatic carbocycles. The van der Waals surface area contributed by atoms with E-state index in [1.54, 1.807) is 0 Å². The molecule has 0 saturated carbocycles. The zero-order valence-electron chi connectivity index (χ0n) is 45.5. The summed E-state index contributed by atoms with van der Waals surface area (Å²) in [6.07, 6.45) is 0. The Morgan fingerprint density at radius 1 is 0.344 bits per heavy atom. The molecule has 93 heavy (non-hydrogen) atoms. The van der Waals surface area contributed by atoms with E-state index < -0.39 is 202 Å². The van der Waals surface area contributed by atoms with Crippen LogP contribution in [0.4, 0.5) is 56.9 Å². The number of fused-ring (bicyclic) bond motifs is 2. The number of anilines is 2. The van der Waals surface area contributed by atoms with E-state index in [2.05, 4.69) is 54.6 Å². The van der Waals surface area contributed by atoms with Crippen molar-refractivity contribution < 1.29 is 123 Å². The number of hydrogen-bond acceptors (Lipinski definition) is 31. The Labute approximate surface area is 524 Å². The third-order valence-electron chi connectivity index (χ3n) is 12.2. The lowest BCUT2D eigenvalue weighted by Crippen LogP contribution is -2.15. The number of aromatic hydroxyl groups is 4. The number of azo groups is 4. The van der Waals surface area contributed by atoms with E-state index in [9.17, 15) is 106 Å². The van der Waals surface area contributed by atoms with Crippen LogP contribution in [0.1, 0.15) is 0 Å². The molecule has 0 aromatic heterocycles. The highest BCUT2D eigenvalue weighted by molar-refractivity contribution is 7.92. The first kappa shape index (κ1) is 69.8. The van der Waals surface area contributed by atoms with Crippen molar-refractivity contribution >= 4 is 159 Å². The normalized spacial score (nSPS) is 13.4. The van der Waals surface area contributed by atoms with Gasteiger partial charge < -0.3 is 25.7 Å². The zero-order valence-corrected chi connectivity index (χ0v) is 52.1. The number of rotatable bonds is 24. The summed E-state index contributed by atoms with van der Waals surface area (Å²) in [6.45, 7) is -1.90. The summed E-state index contributed by atoms with van der Waals surface area (Å²) in [4.78, 5) is -5.02. The molecular formula is C48H39N9O28S8. The number of hydrogen-bond donors (Lipinski definition) is 11. The van der Waals surface area contributed by atoms with Crippen LogP contribution in [-0.2, 0) is 89.3 Å². The smallest absolute Gasteiger partial charge is 0.397 e. The van der Waals surface area contributed by atoms with Gasteiger partial charge in [-0.2, -0.15) is 60.7 Å². The quantitative estimate of drug-likeness (QED) is 0.0200. The number of phenolic OH excluding ortho intramolecular Hbond substituents is 4. The highest BCUT2D eigenvalue weighted by Crippen LogP contribution is 2.49. The average molecular weight is 1450 g/mol. The molecule has 0 unspecified atom stereocenters. The lowest BCUT2D eigenvalue weighted by Gasteiger charge is -2.12. The predicted octanol–water partition coefficient (Wildman–Crippen LogP) is 8.39. The molecule has 0 radical (unpaired) electrons. The summed E-state index contributed by atoms with van der Waals surface area (Å²) in [5.74, 6) is -5.40. The van der Waals surface area contributed by atoms with Crippen molar-refractivity contribution in [2.24, 2.45) is 40.9 Å². The second-order valence-corrected chi connectivity index (χ2v) is 30.6. The maximum Gasteiger partial charge on any atom is 0.397 e. The highest BCUT2D eigenvalue weighted by atomic mass is 32.3. The van der Waals surface area contributed by atoms with Crippen molar-refractivity contribution in [3.8, 4) is 23.0 Å². The molecule has 37 nitrogen and oxygen atoms in total. The van der Waals surface area contributed by atoms with E-state index in [1.165, 1.54) is 12.1 Å². The van der Waals surface area contributed by atoms with Gasteiger partial charge in [0.1, 0.15) is 44.0 Å². The molecular weight excluding hydrogens is 1410 g/mol. The Morgan fingerprint density at radius 2 is 0.677 bits per heavy atom. The lowest BCUT2D eigenvalue weighted by atomic mass is 10.1. The van der Waals surface area contributed by atoms with Crippen molar-refractivity contribution in [1.82, 2.24) is 0 Å². The fraction of sp³-hybridized carbons (Fsp3) is 0.0833. The van der Waals surface area contributed by atoms with Gasteiger partial charge in [-0.25, -0.2) is 25.2 Å². The SMILES string of the molecule is O=S(=O)(O)OCCS(=O)(=O)c1ccc(/N=N/c2c(S(=O)(=O)O)cc3cc(S(=O)(=O)O)cc(/N=N/c4ccc(Nc5ccc(/N=N/c6cc(S(=O)(=O)O)cc7cc(S(=O)(=O)O)c(/N=N/c8ccc(S(=O)(=O)CCOS(=O)(=O)O)cc8)c(O)c67)c(O)c5)cc4O)c3c2O)cc1. The molecule has 0 saturated heterocycles. The van der Waals surface area contributed by atoms with E-state index in [0.29, 0.717) is 36.4 Å². The largest absolute Gasteiger partial charge is 0.506 e. The van der Waals surface area contributed by atoms with Crippen LogP contribution in [0, 0.1) is 0 Å². The van der Waals surface area contributed by atoms with Crippen molar-refractivity contribution in [2.45, 2.75) is 29.4 Å². The molecule has 0 aliphatic carbocycles. The van der Waals surface area contributed by atoms with E-state index >= 15 is 0 Å². The minimum atomic E-state index is -5.37. The van der Waals surface area contributed by atoms with Gasteiger partial charge in [-0.3, -0.25) is 27.3 Å². The summed E-state index contributed by atoms with van der Waals surface area (Å²) in [7, 11) is -39.4. The van der Waals surface area contributed by atoms with Gasteiger partial charge in [0.25, 0.3) is 40.5 Å². The monoisotopic (exact) mass is 1440 g/mol. The van der Waals surface area contributed by atoms with Crippen molar-refractivity contribution in [1.29, 1.82) is 0 Å². The first-order valence-corrected chi connectivity index (χ1v) is 36.3. The Kier molecular flexibility index (Phi) is 19.6. The van der Waals surface area contributed by atoms with E-state index in [1.807, 2.05) is 0 Å². The fourth-order valence-corrected chi connectivity index (χ4v) is 13.4. The maximum atomic E-state index is 12.6. The second-order valence-electron chi connectivity index (χ2n) is 18.6. The third-order valence-corrected chi connectivity index (χ3v) is 19.9. The topological polar surface area (TPSA) is 605 Å². The van der Waals surface area contributed by atoms with Gasteiger partial charge in [-0.05, 0) is 120 Å². The number of nitrogens with zero attached hydrogens (tertiary/aromatic N) is 8. The molecule has 8 aromatic rings. The minimum Gasteiger partial charge on any atom is -0.506 e. The molecule has 45 heteroatoms. The summed E-state index contributed by atoms with van der Waals surface area (Å²) in [6, 6.07) is 18.9. The molecule has 0 aliphatic rings. The maximum absolute atomic E-state index is 12.6. The van der Waals surface area contributed by atoms with E-state index in [4.69, 9.17) is 9.11 Å². The predicted molar refractivity (Wildman–Crippen MR) is 319 cm³/mol. The number of phenols is 4. The van der Waals surface area contributed by atoms with Crippen LogP contribution in [0.25, 0.3) is 21.5 Å². The average Bonchev–Trinajstić information content (AvgIpc) is 0.757. The Bertz CT molecular complexity index is 5150. The number of nitrogens with one attached hydrogen (secondary N) is 1. The van der Waals surface area contributed by atoms with E-state index in [-0.39, 0.29) is 34.1 Å². The molecule has 0 aliphatic heterocycles. The molecule has 0 amide bonds. The minimum absolute atomic E-state index is 0.0687. The van der Waals surface area contributed by atoms with Gasteiger partial charge in [0.05, 0.1) is 77.8 Å². The van der Waals surface area contributed by atoms with Crippen LogP contribution in [0.5, 0.6) is 23.0 Å². The molecule has 492 valence electrons. The van der Waals surface area contributed by atoms with Crippen LogP contribution < -0.4 is 5.32 Å². The summed E-state index contributed by atoms with van der Waals surface area (Å²) < 4.78 is 259. The lowest BCUT2D eigenvalue weighted by molar-refractivity contribution is 0.282. The summed E-state index contributed by atoms with van der Waals surface area (Å²) >= 11 is 0. The highest BCUT2D eigenvalue weighted by Gasteiger charge is 2.29. The van der Waals surface area contributed by atoms with Gasteiger partial charge in [0.15, 0.2) is 31.2 Å². The van der Waals surface area contributed by atoms with Crippen LogP contribution in [0.2, 0.25) is 0 Å². The molecule has 0 bridgehead atoms. The molecule has 0 spiro atoms. The fourth-order valence-electron chi connectivity index (χ4n) is 8.06.